The number of rotatable bonds is 6. The smallest absolute Gasteiger partial charge is 0.123 e. The van der Waals surface area contributed by atoms with Gasteiger partial charge >= 0.3 is 0 Å². The molecule has 0 heterocycles. The minimum atomic E-state index is -0.327. The van der Waals surface area contributed by atoms with Gasteiger partial charge in [0.25, 0.3) is 0 Å². The Labute approximate surface area is 119 Å². The third-order valence-electron chi connectivity index (χ3n) is 3.36. The van der Waals surface area contributed by atoms with Crippen LogP contribution < -0.4 is 5.32 Å². The van der Waals surface area contributed by atoms with Crippen molar-refractivity contribution in [1.82, 2.24) is 5.32 Å². The Morgan fingerprint density at radius 2 is 1.90 bits per heavy atom. The second-order valence-electron chi connectivity index (χ2n) is 4.91. The molecule has 2 nitrogen and oxygen atoms in total. The maximum absolute atomic E-state index is 13.2. The van der Waals surface area contributed by atoms with Gasteiger partial charge in [0.05, 0.1) is 0 Å². The topological polar surface area (TPSA) is 32.3 Å². The lowest BCUT2D eigenvalue weighted by molar-refractivity contribution is 0.447. The molecule has 0 saturated heterocycles. The van der Waals surface area contributed by atoms with Gasteiger partial charge in [-0.05, 0) is 30.2 Å². The molecule has 0 spiro atoms. The third kappa shape index (κ3) is 3.81. The molecule has 0 aliphatic rings. The van der Waals surface area contributed by atoms with Gasteiger partial charge in [-0.25, -0.2) is 4.39 Å². The predicted molar refractivity (Wildman–Crippen MR) is 79.0 cm³/mol. The molecule has 20 heavy (non-hydrogen) atoms. The van der Waals surface area contributed by atoms with Gasteiger partial charge in [0.1, 0.15) is 11.6 Å². The summed E-state index contributed by atoms with van der Waals surface area (Å²) in [6.07, 6.45) is 2.06. The maximum Gasteiger partial charge on any atom is 0.123 e. The Morgan fingerprint density at radius 1 is 1.15 bits per heavy atom. The zero-order valence-corrected chi connectivity index (χ0v) is 11.6. The molecule has 0 aromatic heterocycles. The van der Waals surface area contributed by atoms with E-state index in [4.69, 9.17) is 0 Å². The fourth-order valence-corrected chi connectivity index (χ4v) is 2.29. The summed E-state index contributed by atoms with van der Waals surface area (Å²) in [4.78, 5) is 0. The van der Waals surface area contributed by atoms with Gasteiger partial charge in [0.2, 0.25) is 0 Å². The normalized spacial score (nSPS) is 12.3. The van der Waals surface area contributed by atoms with Gasteiger partial charge in [0.15, 0.2) is 0 Å². The minimum absolute atomic E-state index is 0.127. The van der Waals surface area contributed by atoms with Crippen LogP contribution in [0.3, 0.4) is 0 Å². The molecule has 2 rings (SSSR count). The first-order valence-corrected chi connectivity index (χ1v) is 6.96. The van der Waals surface area contributed by atoms with Gasteiger partial charge in [-0.15, -0.1) is 0 Å². The average Bonchev–Trinajstić information content (AvgIpc) is 2.47. The molecule has 0 radical (unpaired) electrons. The molecule has 106 valence electrons. The highest BCUT2D eigenvalue weighted by atomic mass is 19.1. The van der Waals surface area contributed by atoms with Crippen molar-refractivity contribution in [2.24, 2.45) is 0 Å². The first kappa shape index (κ1) is 14.5. The van der Waals surface area contributed by atoms with Crippen molar-refractivity contribution in [3.8, 4) is 5.75 Å². The number of phenolic OH excluding ortho intramolecular Hbond substituents is 1. The van der Waals surface area contributed by atoms with Crippen LogP contribution in [0.4, 0.5) is 4.39 Å². The molecule has 0 aliphatic carbocycles. The van der Waals surface area contributed by atoms with Crippen LogP contribution in [0.5, 0.6) is 5.75 Å². The van der Waals surface area contributed by atoms with Crippen LogP contribution in [0.1, 0.15) is 36.9 Å². The number of benzene rings is 2. The van der Waals surface area contributed by atoms with Crippen molar-refractivity contribution in [3.63, 3.8) is 0 Å². The minimum Gasteiger partial charge on any atom is -0.508 e. The molecule has 1 atom stereocenters. The monoisotopic (exact) mass is 273 g/mol. The second-order valence-corrected chi connectivity index (χ2v) is 4.91. The molecule has 0 aliphatic heterocycles. The zero-order chi connectivity index (χ0) is 14.4. The summed E-state index contributed by atoms with van der Waals surface area (Å²) in [6, 6.07) is 14.4. The Bertz CT molecular complexity index is 542. The standard InChI is InChI=1S/C17H20FNO/c1-2-6-16(13-7-4-3-5-8-13)19-12-14-11-15(18)9-10-17(14)20/h3-5,7-11,16,19-20H,2,6,12H2,1H3. The number of hydrogen-bond acceptors (Lipinski definition) is 2. The Kier molecular flexibility index (Phi) is 5.13. The van der Waals surface area contributed by atoms with Gasteiger partial charge in [-0.1, -0.05) is 43.7 Å². The zero-order valence-electron chi connectivity index (χ0n) is 11.6. The van der Waals surface area contributed by atoms with E-state index in [2.05, 4.69) is 24.4 Å². The first-order chi connectivity index (χ1) is 9.70. The summed E-state index contributed by atoms with van der Waals surface area (Å²) in [5, 5.41) is 13.1. The van der Waals surface area contributed by atoms with E-state index in [1.54, 1.807) is 0 Å². The van der Waals surface area contributed by atoms with Crippen molar-refractivity contribution in [3.05, 3.63) is 65.5 Å². The Balaban J connectivity index is 2.07. The number of hydrogen-bond donors (Lipinski definition) is 2. The average molecular weight is 273 g/mol. The van der Waals surface area contributed by atoms with Crippen molar-refractivity contribution >= 4 is 0 Å². The van der Waals surface area contributed by atoms with Crippen LogP contribution in [-0.2, 0) is 6.54 Å². The summed E-state index contributed by atoms with van der Waals surface area (Å²) in [5.74, 6) is -0.200. The molecule has 1 unspecified atom stereocenters. The highest BCUT2D eigenvalue weighted by Crippen LogP contribution is 2.22. The Morgan fingerprint density at radius 3 is 2.60 bits per heavy atom. The van der Waals surface area contributed by atoms with Gasteiger partial charge in [-0.2, -0.15) is 0 Å². The van der Waals surface area contributed by atoms with Crippen molar-refractivity contribution in [2.75, 3.05) is 0 Å². The maximum atomic E-state index is 13.2. The predicted octanol–water partition coefficient (Wildman–Crippen LogP) is 4.16. The molecule has 0 bridgehead atoms. The van der Waals surface area contributed by atoms with E-state index in [-0.39, 0.29) is 17.6 Å². The third-order valence-corrected chi connectivity index (χ3v) is 3.36. The fourth-order valence-electron chi connectivity index (χ4n) is 2.29. The summed E-state index contributed by atoms with van der Waals surface area (Å²) < 4.78 is 13.2. The van der Waals surface area contributed by atoms with Crippen LogP contribution in [0.2, 0.25) is 0 Å². The van der Waals surface area contributed by atoms with E-state index in [9.17, 15) is 9.50 Å². The highest BCUT2D eigenvalue weighted by molar-refractivity contribution is 5.32. The summed E-state index contributed by atoms with van der Waals surface area (Å²) >= 11 is 0. The number of phenols is 1. The molecule has 2 aromatic carbocycles. The number of nitrogens with one attached hydrogen (secondary N) is 1. The molecule has 0 amide bonds. The molecular formula is C17H20FNO. The molecule has 0 fully saturated rings. The van der Waals surface area contributed by atoms with Crippen LogP contribution in [0, 0.1) is 5.82 Å². The van der Waals surface area contributed by atoms with Crippen molar-refractivity contribution in [2.45, 2.75) is 32.4 Å². The molecule has 0 saturated carbocycles. The largest absolute Gasteiger partial charge is 0.508 e. The van der Waals surface area contributed by atoms with E-state index in [0.29, 0.717) is 12.1 Å². The quantitative estimate of drug-likeness (QED) is 0.828. The SMILES string of the molecule is CCCC(NCc1cc(F)ccc1O)c1ccccc1. The lowest BCUT2D eigenvalue weighted by Gasteiger charge is -2.19. The lowest BCUT2D eigenvalue weighted by Crippen LogP contribution is -2.21. The number of aromatic hydroxyl groups is 1. The number of halogens is 1. The molecular weight excluding hydrogens is 253 g/mol. The van der Waals surface area contributed by atoms with E-state index >= 15 is 0 Å². The summed E-state index contributed by atoms with van der Waals surface area (Å²) in [6.45, 7) is 2.58. The van der Waals surface area contributed by atoms with Crippen LogP contribution >= 0.6 is 0 Å². The van der Waals surface area contributed by atoms with Crippen molar-refractivity contribution < 1.29 is 9.50 Å². The van der Waals surface area contributed by atoms with E-state index < -0.39 is 0 Å². The molecule has 2 aromatic rings. The molecule has 3 heteroatoms. The fraction of sp³-hybridized carbons (Fsp3) is 0.294. The van der Waals surface area contributed by atoms with Crippen molar-refractivity contribution in [1.29, 1.82) is 0 Å². The lowest BCUT2D eigenvalue weighted by atomic mass is 10.0. The van der Waals surface area contributed by atoms with Crippen LogP contribution in [0.15, 0.2) is 48.5 Å². The van der Waals surface area contributed by atoms with E-state index in [1.165, 1.54) is 23.8 Å². The van der Waals surface area contributed by atoms with E-state index in [0.717, 1.165) is 12.8 Å². The second kappa shape index (κ2) is 7.06. The van der Waals surface area contributed by atoms with Gasteiger partial charge in [-0.3, -0.25) is 0 Å². The van der Waals surface area contributed by atoms with Gasteiger partial charge in [0, 0.05) is 18.2 Å². The van der Waals surface area contributed by atoms with Crippen LogP contribution in [0.25, 0.3) is 0 Å². The molecule has 2 N–H and O–H groups in total. The summed E-state index contributed by atoms with van der Waals surface area (Å²) in [7, 11) is 0. The first-order valence-electron chi connectivity index (χ1n) is 6.96. The highest BCUT2D eigenvalue weighted by Gasteiger charge is 2.11. The Hall–Kier alpha value is -1.87. The van der Waals surface area contributed by atoms with E-state index in [1.807, 2.05) is 18.2 Å². The van der Waals surface area contributed by atoms with Gasteiger partial charge < -0.3 is 10.4 Å². The van der Waals surface area contributed by atoms with Crippen LogP contribution in [-0.4, -0.2) is 5.11 Å². The summed E-state index contributed by atoms with van der Waals surface area (Å²) in [5.41, 5.74) is 1.80.